The predicted octanol–water partition coefficient (Wildman–Crippen LogP) is 4.75. The van der Waals surface area contributed by atoms with Crippen LogP contribution in [0.3, 0.4) is 0 Å². The van der Waals surface area contributed by atoms with Gasteiger partial charge < -0.3 is 5.73 Å². The van der Waals surface area contributed by atoms with Gasteiger partial charge in [0.15, 0.2) is 0 Å². The van der Waals surface area contributed by atoms with Crippen LogP contribution < -0.4 is 5.73 Å². The second kappa shape index (κ2) is 6.93. The molecule has 2 rings (SSSR count). The second-order valence-electron chi connectivity index (χ2n) is 6.91. The van der Waals surface area contributed by atoms with Gasteiger partial charge in [-0.05, 0) is 49.4 Å². The van der Waals surface area contributed by atoms with Gasteiger partial charge in [-0.25, -0.2) is 0 Å². The van der Waals surface area contributed by atoms with E-state index in [4.69, 9.17) is 5.73 Å². The van der Waals surface area contributed by atoms with Gasteiger partial charge in [0.2, 0.25) is 0 Å². The van der Waals surface area contributed by atoms with Crippen LogP contribution in [-0.2, 0) is 0 Å². The Hall–Kier alpha value is -0.0400. The van der Waals surface area contributed by atoms with Gasteiger partial charge in [-0.1, -0.05) is 52.4 Å². The van der Waals surface area contributed by atoms with Crippen LogP contribution in [0.15, 0.2) is 0 Å². The minimum atomic E-state index is 0.509. The summed E-state index contributed by atoms with van der Waals surface area (Å²) in [6.45, 7) is 4.72. The van der Waals surface area contributed by atoms with Crippen molar-refractivity contribution < 1.29 is 0 Å². The molecule has 1 nitrogen and oxygen atoms in total. The van der Waals surface area contributed by atoms with E-state index in [0.29, 0.717) is 6.04 Å². The van der Waals surface area contributed by atoms with Crippen molar-refractivity contribution in [1.82, 2.24) is 0 Å². The van der Waals surface area contributed by atoms with Gasteiger partial charge in [0, 0.05) is 6.04 Å². The minimum Gasteiger partial charge on any atom is -0.327 e. The maximum absolute atomic E-state index is 6.49. The lowest BCUT2D eigenvalue weighted by molar-refractivity contribution is 0.0855. The molecule has 0 aromatic heterocycles. The Morgan fingerprint density at radius 1 is 0.944 bits per heavy atom. The van der Waals surface area contributed by atoms with Gasteiger partial charge in [-0.2, -0.15) is 0 Å². The van der Waals surface area contributed by atoms with Crippen molar-refractivity contribution >= 4 is 0 Å². The molecule has 0 aliphatic heterocycles. The van der Waals surface area contributed by atoms with Crippen LogP contribution in [0, 0.1) is 23.7 Å². The summed E-state index contributed by atoms with van der Waals surface area (Å²) in [5.74, 6) is 3.77. The fraction of sp³-hybridized carbons (Fsp3) is 1.00. The average molecular weight is 251 g/mol. The summed E-state index contributed by atoms with van der Waals surface area (Å²) in [7, 11) is 0. The van der Waals surface area contributed by atoms with Crippen LogP contribution in [0.5, 0.6) is 0 Å². The van der Waals surface area contributed by atoms with Gasteiger partial charge in [0.05, 0.1) is 0 Å². The van der Waals surface area contributed by atoms with Crippen LogP contribution >= 0.6 is 0 Å². The van der Waals surface area contributed by atoms with Crippen molar-refractivity contribution in [1.29, 1.82) is 0 Å². The number of hydrogen-bond donors (Lipinski definition) is 1. The van der Waals surface area contributed by atoms with E-state index in [-0.39, 0.29) is 0 Å². The average Bonchev–Trinajstić information content (AvgIpc) is 2.41. The first-order chi connectivity index (χ1) is 8.76. The first kappa shape index (κ1) is 14.4. The van der Waals surface area contributed by atoms with E-state index in [1.54, 1.807) is 0 Å². The van der Waals surface area contributed by atoms with E-state index >= 15 is 0 Å². The van der Waals surface area contributed by atoms with Crippen molar-refractivity contribution in [3.05, 3.63) is 0 Å². The van der Waals surface area contributed by atoms with Crippen LogP contribution in [-0.4, -0.2) is 6.04 Å². The lowest BCUT2D eigenvalue weighted by Crippen LogP contribution is -2.43. The normalized spacial score (nSPS) is 41.8. The largest absolute Gasteiger partial charge is 0.327 e. The summed E-state index contributed by atoms with van der Waals surface area (Å²) in [5, 5.41) is 0. The first-order valence-corrected chi connectivity index (χ1v) is 8.51. The van der Waals surface area contributed by atoms with Crippen molar-refractivity contribution in [3.8, 4) is 0 Å². The lowest BCUT2D eigenvalue weighted by Gasteiger charge is -2.44. The molecule has 2 saturated carbocycles. The third-order valence-electron chi connectivity index (χ3n) is 5.80. The summed E-state index contributed by atoms with van der Waals surface area (Å²) < 4.78 is 0. The molecule has 2 N–H and O–H groups in total. The van der Waals surface area contributed by atoms with E-state index in [1.165, 1.54) is 64.2 Å². The van der Waals surface area contributed by atoms with Gasteiger partial charge in [0.25, 0.3) is 0 Å². The van der Waals surface area contributed by atoms with Crippen molar-refractivity contribution in [3.63, 3.8) is 0 Å². The van der Waals surface area contributed by atoms with Gasteiger partial charge in [-0.3, -0.25) is 0 Å². The van der Waals surface area contributed by atoms with E-state index in [0.717, 1.165) is 23.7 Å². The zero-order chi connectivity index (χ0) is 13.0. The zero-order valence-corrected chi connectivity index (χ0v) is 12.5. The lowest BCUT2D eigenvalue weighted by atomic mass is 9.63. The molecular formula is C17H33N. The van der Waals surface area contributed by atoms with Gasteiger partial charge in [0.1, 0.15) is 0 Å². The third-order valence-corrected chi connectivity index (χ3v) is 5.80. The Balaban J connectivity index is 1.99. The molecule has 2 aliphatic carbocycles. The molecule has 0 aromatic rings. The fourth-order valence-corrected chi connectivity index (χ4v) is 4.79. The molecule has 5 atom stereocenters. The summed E-state index contributed by atoms with van der Waals surface area (Å²) in [4.78, 5) is 0. The van der Waals surface area contributed by atoms with Gasteiger partial charge >= 0.3 is 0 Å². The highest BCUT2D eigenvalue weighted by molar-refractivity contribution is 4.90. The highest BCUT2D eigenvalue weighted by Crippen LogP contribution is 2.44. The maximum atomic E-state index is 6.49. The molecule has 18 heavy (non-hydrogen) atoms. The molecule has 106 valence electrons. The van der Waals surface area contributed by atoms with E-state index in [2.05, 4.69) is 13.8 Å². The molecule has 5 unspecified atom stereocenters. The van der Waals surface area contributed by atoms with Crippen LogP contribution in [0.2, 0.25) is 0 Å². The molecule has 0 bridgehead atoms. The zero-order valence-electron chi connectivity index (χ0n) is 12.5. The molecule has 0 amide bonds. The Morgan fingerprint density at radius 2 is 1.72 bits per heavy atom. The Kier molecular flexibility index (Phi) is 5.54. The Bertz CT molecular complexity index is 238. The number of hydrogen-bond acceptors (Lipinski definition) is 1. The van der Waals surface area contributed by atoms with E-state index < -0.39 is 0 Å². The Labute approximate surface area is 114 Å². The second-order valence-corrected chi connectivity index (χ2v) is 6.91. The van der Waals surface area contributed by atoms with Crippen molar-refractivity contribution in [2.45, 2.75) is 84.1 Å². The molecule has 0 saturated heterocycles. The summed E-state index contributed by atoms with van der Waals surface area (Å²) in [6, 6.07) is 0.509. The standard InChI is InChI=1S/C17H33N/c1-3-7-13-10-11-17(18)16(12-13)15-9-6-5-8-14(15)4-2/h13-17H,3-12,18H2,1-2H3. The maximum Gasteiger partial charge on any atom is 0.00701 e. The molecule has 2 fully saturated rings. The number of rotatable bonds is 4. The number of nitrogens with two attached hydrogens (primary N) is 1. The monoisotopic (exact) mass is 251 g/mol. The molecule has 2 aliphatic rings. The SMILES string of the molecule is CCCC1CCC(N)C(C2CCCCC2CC)C1. The van der Waals surface area contributed by atoms with E-state index in [1.807, 2.05) is 0 Å². The highest BCUT2D eigenvalue weighted by atomic mass is 14.7. The van der Waals surface area contributed by atoms with Crippen LogP contribution in [0.4, 0.5) is 0 Å². The van der Waals surface area contributed by atoms with Crippen LogP contribution in [0.1, 0.15) is 78.1 Å². The molecule has 0 spiro atoms. The Morgan fingerprint density at radius 3 is 2.44 bits per heavy atom. The predicted molar refractivity (Wildman–Crippen MR) is 79.5 cm³/mol. The topological polar surface area (TPSA) is 26.0 Å². The molecule has 0 aromatic carbocycles. The van der Waals surface area contributed by atoms with Crippen LogP contribution in [0.25, 0.3) is 0 Å². The van der Waals surface area contributed by atoms with E-state index in [9.17, 15) is 0 Å². The molecule has 1 heteroatoms. The third kappa shape index (κ3) is 3.29. The van der Waals surface area contributed by atoms with Gasteiger partial charge in [-0.15, -0.1) is 0 Å². The molecular weight excluding hydrogens is 218 g/mol. The summed E-state index contributed by atoms with van der Waals surface area (Å²) in [5.41, 5.74) is 6.49. The minimum absolute atomic E-state index is 0.509. The fourth-order valence-electron chi connectivity index (χ4n) is 4.79. The quantitative estimate of drug-likeness (QED) is 0.767. The summed E-state index contributed by atoms with van der Waals surface area (Å²) in [6.07, 6.45) is 14.2. The van der Waals surface area contributed by atoms with Crippen molar-refractivity contribution in [2.75, 3.05) is 0 Å². The smallest absolute Gasteiger partial charge is 0.00701 e. The van der Waals surface area contributed by atoms with Crippen molar-refractivity contribution in [2.24, 2.45) is 29.4 Å². The highest BCUT2D eigenvalue weighted by Gasteiger charge is 2.37. The molecule has 0 radical (unpaired) electrons. The first-order valence-electron chi connectivity index (χ1n) is 8.51. The summed E-state index contributed by atoms with van der Waals surface area (Å²) >= 11 is 0. The molecule has 0 heterocycles.